The summed E-state index contributed by atoms with van der Waals surface area (Å²) < 4.78 is 0. The Labute approximate surface area is 135 Å². The second-order valence-corrected chi connectivity index (χ2v) is 7.03. The lowest BCUT2D eigenvalue weighted by molar-refractivity contribution is -0.152. The molecular weight excluding hydrogens is 290 g/mol. The van der Waals surface area contributed by atoms with E-state index < -0.39 is 17.8 Å². The third-order valence-electron chi connectivity index (χ3n) is 5.87. The monoisotopic (exact) mass is 311 g/mol. The van der Waals surface area contributed by atoms with Gasteiger partial charge in [0.2, 0.25) is 5.91 Å². The van der Waals surface area contributed by atoms with Gasteiger partial charge in [-0.2, -0.15) is 0 Å². The highest BCUT2D eigenvalue weighted by Crippen LogP contribution is 2.63. The van der Waals surface area contributed by atoms with Crippen molar-refractivity contribution in [2.75, 3.05) is 5.32 Å². The number of hydrogen-bond donors (Lipinski definition) is 2. The lowest BCUT2D eigenvalue weighted by atomic mass is 9.62. The number of hydrogen-bond acceptors (Lipinski definition) is 2. The summed E-state index contributed by atoms with van der Waals surface area (Å²) in [7, 11) is 0. The number of amides is 1. The largest absolute Gasteiger partial charge is 0.481 e. The molecule has 1 aromatic carbocycles. The quantitative estimate of drug-likeness (QED) is 0.840. The molecule has 0 heterocycles. The van der Waals surface area contributed by atoms with Crippen LogP contribution < -0.4 is 5.32 Å². The number of carboxylic acid groups (broad SMARTS) is 1. The van der Waals surface area contributed by atoms with E-state index in [1.165, 1.54) is 5.56 Å². The van der Waals surface area contributed by atoms with Crippen LogP contribution >= 0.6 is 0 Å². The number of aryl methyl sites for hydroxylation is 1. The van der Waals surface area contributed by atoms with E-state index in [4.69, 9.17) is 0 Å². The van der Waals surface area contributed by atoms with Gasteiger partial charge in [-0.15, -0.1) is 0 Å². The van der Waals surface area contributed by atoms with Crippen LogP contribution in [0.2, 0.25) is 0 Å². The summed E-state index contributed by atoms with van der Waals surface area (Å²) in [6.07, 6.45) is 6.15. The summed E-state index contributed by atoms with van der Waals surface area (Å²) >= 11 is 0. The van der Waals surface area contributed by atoms with E-state index >= 15 is 0 Å². The first-order chi connectivity index (χ1) is 11.1. The summed E-state index contributed by atoms with van der Waals surface area (Å²) in [5.41, 5.74) is 1.96. The van der Waals surface area contributed by atoms with Crippen LogP contribution in [0.4, 0.5) is 5.69 Å². The number of carbonyl (C=O) groups is 2. The van der Waals surface area contributed by atoms with Crippen LogP contribution in [0, 0.1) is 35.5 Å². The van der Waals surface area contributed by atoms with E-state index in [9.17, 15) is 14.7 Å². The van der Waals surface area contributed by atoms with E-state index in [2.05, 4.69) is 18.3 Å². The maximum Gasteiger partial charge on any atom is 0.307 e. The smallest absolute Gasteiger partial charge is 0.307 e. The van der Waals surface area contributed by atoms with Crippen LogP contribution in [0.1, 0.15) is 18.9 Å². The highest BCUT2D eigenvalue weighted by Gasteiger charge is 2.62. The van der Waals surface area contributed by atoms with E-state index in [1.54, 1.807) is 0 Å². The van der Waals surface area contributed by atoms with E-state index in [1.807, 2.05) is 30.3 Å². The van der Waals surface area contributed by atoms with Gasteiger partial charge in [0.25, 0.3) is 0 Å². The maximum atomic E-state index is 12.8. The molecule has 2 saturated carbocycles. The second kappa shape index (κ2) is 5.22. The molecule has 4 aliphatic carbocycles. The van der Waals surface area contributed by atoms with Crippen LogP contribution in [-0.4, -0.2) is 17.0 Å². The van der Waals surface area contributed by atoms with Gasteiger partial charge in [0.15, 0.2) is 0 Å². The number of fused-ring (bicyclic) bond motifs is 1. The Bertz CT molecular complexity index is 678. The third kappa shape index (κ3) is 2.28. The molecule has 0 spiro atoms. The van der Waals surface area contributed by atoms with Gasteiger partial charge in [0.05, 0.1) is 11.8 Å². The van der Waals surface area contributed by atoms with E-state index in [-0.39, 0.29) is 17.7 Å². The zero-order valence-corrected chi connectivity index (χ0v) is 13.1. The first-order valence-corrected chi connectivity index (χ1v) is 8.41. The molecule has 23 heavy (non-hydrogen) atoms. The second-order valence-electron chi connectivity index (χ2n) is 7.03. The Kier molecular flexibility index (Phi) is 3.29. The Hall–Kier alpha value is -2.10. The number of carbonyl (C=O) groups excluding carboxylic acids is 1. The number of anilines is 1. The minimum Gasteiger partial charge on any atom is -0.481 e. The summed E-state index contributed by atoms with van der Waals surface area (Å²) in [6, 6.07) is 7.77. The van der Waals surface area contributed by atoms with Gasteiger partial charge >= 0.3 is 5.97 Å². The van der Waals surface area contributed by atoms with Crippen molar-refractivity contribution < 1.29 is 14.7 Å². The van der Waals surface area contributed by atoms with Gasteiger partial charge in [0.1, 0.15) is 0 Å². The molecule has 2 N–H and O–H groups in total. The van der Waals surface area contributed by atoms with Crippen molar-refractivity contribution in [2.45, 2.75) is 19.8 Å². The van der Waals surface area contributed by atoms with Gasteiger partial charge in [0, 0.05) is 5.69 Å². The zero-order chi connectivity index (χ0) is 16.1. The van der Waals surface area contributed by atoms with Crippen molar-refractivity contribution in [3.05, 3.63) is 42.0 Å². The Morgan fingerprint density at radius 1 is 1.09 bits per heavy atom. The molecule has 5 rings (SSSR count). The number of benzene rings is 1. The van der Waals surface area contributed by atoms with Crippen molar-refractivity contribution in [3.8, 4) is 0 Å². The van der Waals surface area contributed by atoms with Crippen LogP contribution in [0.15, 0.2) is 36.4 Å². The average molecular weight is 311 g/mol. The van der Waals surface area contributed by atoms with Crippen molar-refractivity contribution in [1.29, 1.82) is 0 Å². The fourth-order valence-corrected chi connectivity index (χ4v) is 4.62. The molecule has 1 aromatic rings. The Morgan fingerprint density at radius 2 is 1.70 bits per heavy atom. The number of carboxylic acids is 1. The van der Waals surface area contributed by atoms with E-state index in [0.717, 1.165) is 18.5 Å². The molecule has 120 valence electrons. The lowest BCUT2D eigenvalue weighted by Crippen LogP contribution is -2.48. The minimum atomic E-state index is -0.837. The molecule has 6 atom stereocenters. The Balaban J connectivity index is 1.56. The summed E-state index contributed by atoms with van der Waals surface area (Å²) in [5, 5.41) is 12.6. The summed E-state index contributed by atoms with van der Waals surface area (Å²) in [5.74, 6) is -0.900. The van der Waals surface area contributed by atoms with Gasteiger partial charge in [-0.05, 0) is 54.2 Å². The van der Waals surface area contributed by atoms with Gasteiger partial charge in [-0.25, -0.2) is 0 Å². The molecular formula is C19H21NO3. The van der Waals surface area contributed by atoms with Crippen molar-refractivity contribution >= 4 is 17.6 Å². The molecule has 0 radical (unpaired) electrons. The average Bonchev–Trinajstić information content (AvgIpc) is 3.37. The fourth-order valence-electron chi connectivity index (χ4n) is 4.62. The van der Waals surface area contributed by atoms with Gasteiger partial charge < -0.3 is 10.4 Å². The zero-order valence-electron chi connectivity index (χ0n) is 13.1. The highest BCUT2D eigenvalue weighted by atomic mass is 16.4. The first kappa shape index (κ1) is 14.5. The predicted molar refractivity (Wildman–Crippen MR) is 86.8 cm³/mol. The maximum absolute atomic E-state index is 12.8. The van der Waals surface area contributed by atoms with Crippen LogP contribution in [0.5, 0.6) is 0 Å². The standard InChI is InChI=1S/C19H21NO3/c1-2-10-3-5-11(6-4-10)20-18(21)16-12-7-8-13(15-9-14(12)15)17(16)19(22)23/h3-8,12-17H,2,9H2,1H3,(H,20,21)(H,22,23)/t12-,13+,14-,15+,16-,17+/m1/s1. The number of aliphatic carboxylic acids is 1. The molecule has 4 nitrogen and oxygen atoms in total. The normalized spacial score (nSPS) is 36.4. The predicted octanol–water partition coefficient (Wildman–Crippen LogP) is 2.96. The molecule has 2 fully saturated rings. The molecule has 4 aliphatic rings. The lowest BCUT2D eigenvalue weighted by Gasteiger charge is -2.41. The summed E-state index contributed by atoms with van der Waals surface area (Å²) in [4.78, 5) is 24.5. The SMILES string of the molecule is CCc1ccc(NC(=O)[C@@H]2[C@@H]3C=C[C@@H]([C@@H]4C[C@H]34)[C@@H]2C(=O)O)cc1. The molecule has 0 aromatic heterocycles. The number of allylic oxidation sites excluding steroid dienone is 2. The third-order valence-corrected chi connectivity index (χ3v) is 5.87. The summed E-state index contributed by atoms with van der Waals surface area (Å²) in [6.45, 7) is 2.09. The molecule has 0 saturated heterocycles. The van der Waals surface area contributed by atoms with Crippen LogP contribution in [0.3, 0.4) is 0 Å². The topological polar surface area (TPSA) is 66.4 Å². The van der Waals surface area contributed by atoms with Crippen LogP contribution in [0.25, 0.3) is 0 Å². The van der Waals surface area contributed by atoms with E-state index in [0.29, 0.717) is 11.8 Å². The molecule has 4 heteroatoms. The highest BCUT2D eigenvalue weighted by molar-refractivity contribution is 5.96. The Morgan fingerprint density at radius 3 is 2.26 bits per heavy atom. The van der Waals surface area contributed by atoms with Gasteiger partial charge in [-0.1, -0.05) is 31.2 Å². The molecule has 1 amide bonds. The van der Waals surface area contributed by atoms with Crippen molar-refractivity contribution in [3.63, 3.8) is 0 Å². The van der Waals surface area contributed by atoms with Gasteiger partial charge in [-0.3, -0.25) is 9.59 Å². The fraction of sp³-hybridized carbons (Fsp3) is 0.474. The molecule has 0 aliphatic heterocycles. The number of rotatable bonds is 4. The number of nitrogens with one attached hydrogen (secondary N) is 1. The van der Waals surface area contributed by atoms with Crippen molar-refractivity contribution in [1.82, 2.24) is 0 Å². The molecule has 2 bridgehead atoms. The molecule has 0 unspecified atom stereocenters. The van der Waals surface area contributed by atoms with Crippen molar-refractivity contribution in [2.24, 2.45) is 35.5 Å². The minimum absolute atomic E-state index is 0.0284. The van der Waals surface area contributed by atoms with Crippen LogP contribution in [-0.2, 0) is 16.0 Å². The first-order valence-electron chi connectivity index (χ1n) is 8.41.